The topological polar surface area (TPSA) is 53.3 Å². The Hall–Kier alpha value is -1.86. The van der Waals surface area contributed by atoms with E-state index in [0.717, 1.165) is 12.0 Å². The number of amides is 1. The largest absolute Gasteiger partial charge is 0.378 e. The molecule has 0 radical (unpaired) electrons. The lowest BCUT2D eigenvalue weighted by Gasteiger charge is -2.27. The van der Waals surface area contributed by atoms with Crippen LogP contribution in [0.5, 0.6) is 0 Å². The van der Waals surface area contributed by atoms with E-state index >= 15 is 0 Å². The highest BCUT2D eigenvalue weighted by molar-refractivity contribution is 5.77. The summed E-state index contributed by atoms with van der Waals surface area (Å²) in [6.07, 6.45) is 1.23. The molecule has 106 valence electrons. The number of morpholine rings is 1. The molecule has 4 nitrogen and oxygen atoms in total. The lowest BCUT2D eigenvalue weighted by Crippen LogP contribution is -2.41. The summed E-state index contributed by atoms with van der Waals surface area (Å²) in [6.45, 7) is 4.54. The molecule has 1 aliphatic heterocycles. The van der Waals surface area contributed by atoms with E-state index in [9.17, 15) is 10.1 Å². The summed E-state index contributed by atoms with van der Waals surface area (Å²) in [5.41, 5.74) is 2.16. The van der Waals surface area contributed by atoms with Crippen molar-refractivity contribution in [3.63, 3.8) is 0 Å². The van der Waals surface area contributed by atoms with Gasteiger partial charge in [-0.1, -0.05) is 31.2 Å². The zero-order chi connectivity index (χ0) is 14.4. The Balaban J connectivity index is 2.00. The minimum Gasteiger partial charge on any atom is -0.378 e. The molecule has 1 aromatic carbocycles. The van der Waals surface area contributed by atoms with Gasteiger partial charge in [-0.15, -0.1) is 0 Å². The summed E-state index contributed by atoms with van der Waals surface area (Å²) in [5, 5.41) is 9.31. The fraction of sp³-hybridized carbons (Fsp3) is 0.500. The molecular formula is C16H20N2O2. The maximum Gasteiger partial charge on any atom is 0.224 e. The highest BCUT2D eigenvalue weighted by Crippen LogP contribution is 2.21. The molecule has 4 heteroatoms. The van der Waals surface area contributed by atoms with Gasteiger partial charge < -0.3 is 9.64 Å². The van der Waals surface area contributed by atoms with Crippen molar-refractivity contribution in [1.82, 2.24) is 4.90 Å². The second-order valence-electron chi connectivity index (χ2n) is 4.97. The van der Waals surface area contributed by atoms with Crippen molar-refractivity contribution in [3.8, 4) is 6.07 Å². The molecule has 1 unspecified atom stereocenters. The molecule has 2 rings (SSSR count). The summed E-state index contributed by atoms with van der Waals surface area (Å²) in [5.74, 6) is -0.323. The average molecular weight is 272 g/mol. The number of carbonyl (C=O) groups is 1. The second kappa shape index (κ2) is 7.06. The molecule has 0 aromatic heterocycles. The first-order chi connectivity index (χ1) is 9.74. The highest BCUT2D eigenvalue weighted by Gasteiger charge is 2.21. The van der Waals surface area contributed by atoms with E-state index in [1.807, 2.05) is 24.3 Å². The molecule has 1 aliphatic rings. The van der Waals surface area contributed by atoms with E-state index in [-0.39, 0.29) is 18.2 Å². The number of aryl methyl sites for hydroxylation is 1. The molecule has 0 saturated carbocycles. The molecular weight excluding hydrogens is 252 g/mol. The van der Waals surface area contributed by atoms with Crippen LogP contribution in [0.15, 0.2) is 24.3 Å². The SMILES string of the molecule is CCc1ccc(C(C#N)CC(=O)N2CCOCC2)cc1. The quantitative estimate of drug-likeness (QED) is 0.843. The lowest BCUT2D eigenvalue weighted by molar-refractivity contribution is -0.135. The second-order valence-corrected chi connectivity index (χ2v) is 4.97. The number of rotatable bonds is 4. The van der Waals surface area contributed by atoms with E-state index in [0.29, 0.717) is 26.3 Å². The summed E-state index contributed by atoms with van der Waals surface area (Å²) in [7, 11) is 0. The van der Waals surface area contributed by atoms with Crippen LogP contribution in [0.4, 0.5) is 0 Å². The van der Waals surface area contributed by atoms with Gasteiger partial charge in [-0.3, -0.25) is 4.79 Å². The van der Waals surface area contributed by atoms with Crippen LogP contribution >= 0.6 is 0 Å². The number of nitrogens with zero attached hydrogens (tertiary/aromatic N) is 2. The first kappa shape index (κ1) is 14.5. The summed E-state index contributed by atoms with van der Waals surface area (Å²) in [6, 6.07) is 10.2. The van der Waals surface area contributed by atoms with E-state index < -0.39 is 0 Å². The first-order valence-electron chi connectivity index (χ1n) is 7.08. The number of ether oxygens (including phenoxy) is 1. The fourth-order valence-corrected chi connectivity index (χ4v) is 2.34. The molecule has 1 amide bonds. The minimum absolute atomic E-state index is 0.0411. The zero-order valence-electron chi connectivity index (χ0n) is 11.8. The third kappa shape index (κ3) is 3.58. The molecule has 0 aliphatic carbocycles. The van der Waals surface area contributed by atoms with Crippen LogP contribution in [0.25, 0.3) is 0 Å². The predicted molar refractivity (Wildman–Crippen MR) is 76.2 cm³/mol. The van der Waals surface area contributed by atoms with Gasteiger partial charge in [0.25, 0.3) is 0 Å². The monoisotopic (exact) mass is 272 g/mol. The van der Waals surface area contributed by atoms with E-state index in [4.69, 9.17) is 4.74 Å². The highest BCUT2D eigenvalue weighted by atomic mass is 16.5. The van der Waals surface area contributed by atoms with Crippen molar-refractivity contribution in [2.24, 2.45) is 0 Å². The van der Waals surface area contributed by atoms with Crippen LogP contribution in [0.1, 0.15) is 30.4 Å². The van der Waals surface area contributed by atoms with E-state index in [1.54, 1.807) is 4.90 Å². The van der Waals surface area contributed by atoms with Gasteiger partial charge in [0.1, 0.15) is 0 Å². The molecule has 0 N–H and O–H groups in total. The number of hydrogen-bond donors (Lipinski definition) is 0. The minimum atomic E-state index is -0.365. The van der Waals surface area contributed by atoms with Gasteiger partial charge in [0.2, 0.25) is 5.91 Å². The van der Waals surface area contributed by atoms with Crippen molar-refractivity contribution in [3.05, 3.63) is 35.4 Å². The predicted octanol–water partition coefficient (Wildman–Crippen LogP) is 2.11. The Kier molecular flexibility index (Phi) is 5.14. The Morgan fingerprint density at radius 1 is 1.35 bits per heavy atom. The molecule has 1 aromatic rings. The van der Waals surface area contributed by atoms with Crippen molar-refractivity contribution >= 4 is 5.91 Å². The third-order valence-electron chi connectivity index (χ3n) is 3.69. The van der Waals surface area contributed by atoms with Crippen molar-refractivity contribution < 1.29 is 9.53 Å². The van der Waals surface area contributed by atoms with Crippen LogP contribution in [0.2, 0.25) is 0 Å². The maximum absolute atomic E-state index is 12.2. The van der Waals surface area contributed by atoms with Crippen LogP contribution < -0.4 is 0 Å². The summed E-state index contributed by atoms with van der Waals surface area (Å²) >= 11 is 0. The van der Waals surface area contributed by atoms with Gasteiger partial charge in [0.05, 0.1) is 25.2 Å². The van der Waals surface area contributed by atoms with Crippen LogP contribution in [0.3, 0.4) is 0 Å². The maximum atomic E-state index is 12.2. The van der Waals surface area contributed by atoms with Gasteiger partial charge >= 0.3 is 0 Å². The van der Waals surface area contributed by atoms with E-state index in [2.05, 4.69) is 13.0 Å². The smallest absolute Gasteiger partial charge is 0.224 e. The average Bonchev–Trinajstić information content (AvgIpc) is 2.53. The Bertz CT molecular complexity index is 484. The van der Waals surface area contributed by atoms with Gasteiger partial charge in [0.15, 0.2) is 0 Å². The van der Waals surface area contributed by atoms with Gasteiger partial charge in [-0.25, -0.2) is 0 Å². The van der Waals surface area contributed by atoms with Gasteiger partial charge in [-0.2, -0.15) is 5.26 Å². The molecule has 20 heavy (non-hydrogen) atoms. The van der Waals surface area contributed by atoms with E-state index in [1.165, 1.54) is 5.56 Å². The van der Waals surface area contributed by atoms with Gasteiger partial charge in [0, 0.05) is 19.5 Å². The number of hydrogen-bond acceptors (Lipinski definition) is 3. The molecule has 0 bridgehead atoms. The van der Waals surface area contributed by atoms with Crippen LogP contribution in [-0.2, 0) is 16.0 Å². The summed E-state index contributed by atoms with van der Waals surface area (Å²) in [4.78, 5) is 14.0. The zero-order valence-corrected chi connectivity index (χ0v) is 11.8. The molecule has 1 saturated heterocycles. The standard InChI is InChI=1S/C16H20N2O2/c1-2-13-3-5-14(6-4-13)15(12-17)11-16(19)18-7-9-20-10-8-18/h3-6,15H,2,7-11H2,1H3. The van der Waals surface area contributed by atoms with Crippen molar-refractivity contribution in [2.75, 3.05) is 26.3 Å². The van der Waals surface area contributed by atoms with Gasteiger partial charge in [-0.05, 0) is 17.5 Å². The Morgan fingerprint density at radius 3 is 2.55 bits per heavy atom. The lowest BCUT2D eigenvalue weighted by atomic mass is 9.95. The Labute approximate surface area is 120 Å². The van der Waals surface area contributed by atoms with Crippen LogP contribution in [0, 0.1) is 11.3 Å². The number of nitriles is 1. The van der Waals surface area contributed by atoms with Crippen LogP contribution in [-0.4, -0.2) is 37.1 Å². The number of benzene rings is 1. The summed E-state index contributed by atoms with van der Waals surface area (Å²) < 4.78 is 5.23. The fourth-order valence-electron chi connectivity index (χ4n) is 2.34. The first-order valence-corrected chi connectivity index (χ1v) is 7.08. The molecule has 0 spiro atoms. The number of carbonyl (C=O) groups excluding carboxylic acids is 1. The van der Waals surface area contributed by atoms with Crippen molar-refractivity contribution in [2.45, 2.75) is 25.7 Å². The normalized spacial score (nSPS) is 16.5. The molecule has 1 heterocycles. The Morgan fingerprint density at radius 2 is 2.00 bits per heavy atom. The van der Waals surface area contributed by atoms with Crippen molar-refractivity contribution in [1.29, 1.82) is 5.26 Å². The molecule has 1 atom stereocenters. The molecule has 1 fully saturated rings. The third-order valence-corrected chi connectivity index (χ3v) is 3.69.